The summed E-state index contributed by atoms with van der Waals surface area (Å²) in [4.78, 5) is 12.2. The molecule has 0 aliphatic heterocycles. The van der Waals surface area contributed by atoms with E-state index in [1.54, 1.807) is 13.2 Å². The van der Waals surface area contributed by atoms with Gasteiger partial charge in [-0.05, 0) is 24.3 Å². The van der Waals surface area contributed by atoms with Crippen LogP contribution in [0.2, 0.25) is 0 Å². The molecule has 0 aromatic heterocycles. The van der Waals surface area contributed by atoms with Crippen LogP contribution < -0.4 is 9.64 Å². The molecule has 0 amide bonds. The number of methoxy groups -OCH3 is 1. The first-order valence-corrected chi connectivity index (χ1v) is 8.87. The summed E-state index contributed by atoms with van der Waals surface area (Å²) >= 11 is 11.7. The van der Waals surface area contributed by atoms with Gasteiger partial charge in [-0.3, -0.25) is 10.1 Å². The van der Waals surface area contributed by atoms with Crippen molar-refractivity contribution in [1.82, 2.24) is 0 Å². The molecular weight excluding hydrogens is 379 g/mol. The van der Waals surface area contributed by atoms with Gasteiger partial charge in [0.25, 0.3) is 5.69 Å². The molecular formula is C17H18Cl2N4O3. The standard InChI is InChI=1S/C17H18Cl2N4O3/c1-26-17-12-14(4-7-16(17)22(10-8-18)11-9-19)21-20-13-2-5-15(6-3-13)23(24)25/h2-7,12H,8-11H2,1H3. The van der Waals surface area contributed by atoms with Gasteiger partial charge in [0, 0.05) is 43.0 Å². The van der Waals surface area contributed by atoms with Gasteiger partial charge in [0.2, 0.25) is 0 Å². The first-order chi connectivity index (χ1) is 12.6. The van der Waals surface area contributed by atoms with Crippen molar-refractivity contribution in [3.05, 3.63) is 52.6 Å². The highest BCUT2D eigenvalue weighted by Crippen LogP contribution is 2.33. The van der Waals surface area contributed by atoms with Gasteiger partial charge in [-0.25, -0.2) is 0 Å². The number of rotatable bonds is 9. The summed E-state index contributed by atoms with van der Waals surface area (Å²) in [6, 6.07) is 11.3. The second-order valence-corrected chi connectivity index (χ2v) is 5.95. The van der Waals surface area contributed by atoms with Crippen LogP contribution in [0.4, 0.5) is 22.7 Å². The fourth-order valence-electron chi connectivity index (χ4n) is 2.30. The first-order valence-electron chi connectivity index (χ1n) is 7.80. The van der Waals surface area contributed by atoms with E-state index in [9.17, 15) is 10.1 Å². The van der Waals surface area contributed by atoms with Gasteiger partial charge in [0.05, 0.1) is 29.1 Å². The fourth-order valence-corrected chi connectivity index (χ4v) is 2.71. The number of hydrogen-bond acceptors (Lipinski definition) is 6. The Morgan fingerprint density at radius 3 is 2.15 bits per heavy atom. The zero-order valence-corrected chi connectivity index (χ0v) is 15.7. The van der Waals surface area contributed by atoms with Gasteiger partial charge in [-0.15, -0.1) is 23.2 Å². The van der Waals surface area contributed by atoms with Gasteiger partial charge >= 0.3 is 0 Å². The van der Waals surface area contributed by atoms with E-state index in [-0.39, 0.29) is 5.69 Å². The number of nitro groups is 1. The summed E-state index contributed by atoms with van der Waals surface area (Å²) < 4.78 is 5.45. The maximum absolute atomic E-state index is 10.7. The van der Waals surface area contributed by atoms with Crippen LogP contribution in [0.1, 0.15) is 0 Å². The van der Waals surface area contributed by atoms with E-state index in [0.29, 0.717) is 42.0 Å². The lowest BCUT2D eigenvalue weighted by Gasteiger charge is -2.24. The Balaban J connectivity index is 2.21. The van der Waals surface area contributed by atoms with E-state index in [0.717, 1.165) is 5.69 Å². The van der Waals surface area contributed by atoms with Crippen molar-refractivity contribution in [1.29, 1.82) is 0 Å². The van der Waals surface area contributed by atoms with Crippen LogP contribution in [0.15, 0.2) is 52.7 Å². The zero-order chi connectivity index (χ0) is 18.9. The molecule has 0 aliphatic rings. The zero-order valence-electron chi connectivity index (χ0n) is 14.1. The monoisotopic (exact) mass is 396 g/mol. The largest absolute Gasteiger partial charge is 0.495 e. The minimum atomic E-state index is -0.460. The lowest BCUT2D eigenvalue weighted by molar-refractivity contribution is -0.384. The van der Waals surface area contributed by atoms with Gasteiger partial charge in [-0.1, -0.05) is 0 Å². The van der Waals surface area contributed by atoms with Crippen molar-refractivity contribution in [3.8, 4) is 5.75 Å². The molecule has 0 unspecified atom stereocenters. The molecule has 0 saturated heterocycles. The smallest absolute Gasteiger partial charge is 0.269 e. The summed E-state index contributed by atoms with van der Waals surface area (Å²) in [5, 5.41) is 18.9. The normalized spacial score (nSPS) is 10.9. The third-order valence-corrected chi connectivity index (χ3v) is 3.89. The quantitative estimate of drug-likeness (QED) is 0.249. The predicted octanol–water partition coefficient (Wildman–Crippen LogP) is 5.30. The number of alkyl halides is 2. The molecule has 0 N–H and O–H groups in total. The van der Waals surface area contributed by atoms with Gasteiger partial charge in [0.1, 0.15) is 5.75 Å². The number of hydrogen-bond donors (Lipinski definition) is 0. The Morgan fingerprint density at radius 2 is 1.62 bits per heavy atom. The molecule has 9 heteroatoms. The van der Waals surface area contributed by atoms with Crippen LogP contribution in [0.25, 0.3) is 0 Å². The highest BCUT2D eigenvalue weighted by molar-refractivity contribution is 6.18. The van der Waals surface area contributed by atoms with Crippen LogP contribution in [0.3, 0.4) is 0 Å². The number of ether oxygens (including phenoxy) is 1. The van der Waals surface area contributed by atoms with E-state index in [1.807, 2.05) is 17.0 Å². The fraction of sp³-hybridized carbons (Fsp3) is 0.294. The minimum Gasteiger partial charge on any atom is -0.495 e. The maximum Gasteiger partial charge on any atom is 0.269 e. The summed E-state index contributed by atoms with van der Waals surface area (Å²) in [5.41, 5.74) is 2.00. The highest BCUT2D eigenvalue weighted by Gasteiger charge is 2.12. The van der Waals surface area contributed by atoms with E-state index < -0.39 is 4.92 Å². The van der Waals surface area contributed by atoms with Gasteiger partial charge in [0.15, 0.2) is 0 Å². The Bertz CT molecular complexity index is 763. The van der Waals surface area contributed by atoms with Crippen LogP contribution >= 0.6 is 23.2 Å². The number of anilines is 1. The molecule has 0 bridgehead atoms. The van der Waals surface area contributed by atoms with Crippen LogP contribution in [0.5, 0.6) is 5.75 Å². The van der Waals surface area contributed by atoms with Crippen molar-refractivity contribution in [2.24, 2.45) is 10.2 Å². The lowest BCUT2D eigenvalue weighted by atomic mass is 10.2. The predicted molar refractivity (Wildman–Crippen MR) is 104 cm³/mol. The molecule has 0 radical (unpaired) electrons. The molecule has 7 nitrogen and oxygen atoms in total. The van der Waals surface area contributed by atoms with Crippen LogP contribution in [-0.4, -0.2) is 36.9 Å². The Morgan fingerprint density at radius 1 is 1.04 bits per heavy atom. The van der Waals surface area contributed by atoms with Crippen molar-refractivity contribution in [3.63, 3.8) is 0 Å². The average Bonchev–Trinajstić information content (AvgIpc) is 2.66. The molecule has 2 rings (SSSR count). The van der Waals surface area contributed by atoms with E-state index >= 15 is 0 Å². The van der Waals surface area contributed by atoms with Crippen LogP contribution in [0, 0.1) is 10.1 Å². The second-order valence-electron chi connectivity index (χ2n) is 5.19. The number of benzene rings is 2. The molecule has 138 valence electrons. The van der Waals surface area contributed by atoms with Crippen molar-refractivity contribution in [2.45, 2.75) is 0 Å². The van der Waals surface area contributed by atoms with Crippen molar-refractivity contribution >= 4 is 46.0 Å². The van der Waals surface area contributed by atoms with Gasteiger partial charge < -0.3 is 9.64 Å². The molecule has 0 atom stereocenters. The summed E-state index contributed by atoms with van der Waals surface area (Å²) in [6.07, 6.45) is 0. The topological polar surface area (TPSA) is 80.3 Å². The minimum absolute atomic E-state index is 0.00801. The SMILES string of the molecule is COc1cc(N=Nc2ccc([N+](=O)[O-])cc2)ccc1N(CCCl)CCCl. The number of nitrogens with zero attached hydrogens (tertiary/aromatic N) is 4. The molecule has 0 aliphatic carbocycles. The van der Waals surface area contributed by atoms with Gasteiger partial charge in [-0.2, -0.15) is 10.2 Å². The van der Waals surface area contributed by atoms with Crippen LogP contribution in [-0.2, 0) is 0 Å². The molecule has 0 spiro atoms. The summed E-state index contributed by atoms with van der Waals surface area (Å²) in [7, 11) is 1.58. The number of non-ortho nitro benzene ring substituents is 1. The number of azo groups is 1. The first kappa shape index (κ1) is 19.9. The molecule has 26 heavy (non-hydrogen) atoms. The summed E-state index contributed by atoms with van der Waals surface area (Å²) in [6.45, 7) is 1.29. The Hall–Kier alpha value is -2.38. The Kier molecular flexibility index (Phi) is 7.62. The third-order valence-electron chi connectivity index (χ3n) is 3.55. The van der Waals surface area contributed by atoms with E-state index in [1.165, 1.54) is 24.3 Å². The second kappa shape index (κ2) is 9.94. The maximum atomic E-state index is 10.7. The highest BCUT2D eigenvalue weighted by atomic mass is 35.5. The Labute approximate surface area is 161 Å². The molecule has 2 aromatic rings. The molecule has 0 fully saturated rings. The van der Waals surface area contributed by atoms with Crippen molar-refractivity contribution in [2.75, 3.05) is 36.9 Å². The number of nitro benzene ring substituents is 1. The molecule has 0 saturated carbocycles. The number of halogens is 2. The van der Waals surface area contributed by atoms with Crippen molar-refractivity contribution < 1.29 is 9.66 Å². The summed E-state index contributed by atoms with van der Waals surface area (Å²) in [5.74, 6) is 1.59. The molecule has 2 aromatic carbocycles. The third kappa shape index (κ3) is 5.31. The lowest BCUT2D eigenvalue weighted by Crippen LogP contribution is -2.27. The van der Waals surface area contributed by atoms with E-state index in [2.05, 4.69) is 10.2 Å². The molecule has 0 heterocycles. The van der Waals surface area contributed by atoms with E-state index in [4.69, 9.17) is 27.9 Å². The average molecular weight is 397 g/mol.